The van der Waals surface area contributed by atoms with E-state index in [1.165, 1.54) is 0 Å². The van der Waals surface area contributed by atoms with E-state index in [0.717, 1.165) is 6.42 Å². The molecule has 1 fully saturated rings. The number of carboxylic acids is 3. The molecule has 1 aliphatic rings. The summed E-state index contributed by atoms with van der Waals surface area (Å²) in [6.45, 7) is 3.80. The molecule has 1 rings (SSSR count). The lowest BCUT2D eigenvalue weighted by molar-refractivity contribution is -0.870. The average molecular weight is 386 g/mol. The van der Waals surface area contributed by atoms with Crippen molar-refractivity contribution < 1.29 is 39.0 Å². The smallest absolute Gasteiger partial charge is 0.318 e. The fourth-order valence-corrected chi connectivity index (χ4v) is 4.22. The Morgan fingerprint density at radius 1 is 1.22 bits per heavy atom. The Morgan fingerprint density at radius 3 is 2.26 bits per heavy atom. The normalized spacial score (nSPS) is 25.3. The number of aliphatic carboxylic acids is 3. The van der Waals surface area contributed by atoms with Crippen molar-refractivity contribution in [1.82, 2.24) is 0 Å². The molecular formula is C18H30N2O7. The van der Waals surface area contributed by atoms with Gasteiger partial charge in [-0.05, 0) is 19.4 Å². The number of carbonyl (C=O) groups is 4. The number of nitrogens with zero attached hydrogens (tertiary/aromatic N) is 1. The predicted octanol–water partition coefficient (Wildman–Crippen LogP) is -0.571. The number of amides is 1. The molecule has 1 saturated heterocycles. The molecule has 9 nitrogen and oxygen atoms in total. The van der Waals surface area contributed by atoms with Gasteiger partial charge in [-0.3, -0.25) is 14.1 Å². The number of hydrogen-bond acceptors (Lipinski definition) is 6. The van der Waals surface area contributed by atoms with Crippen LogP contribution in [0.5, 0.6) is 0 Å². The van der Waals surface area contributed by atoms with Crippen LogP contribution in [0.2, 0.25) is 0 Å². The highest BCUT2D eigenvalue weighted by Crippen LogP contribution is 2.39. The van der Waals surface area contributed by atoms with Gasteiger partial charge in [0.15, 0.2) is 5.92 Å². The van der Waals surface area contributed by atoms with Crippen molar-refractivity contribution >= 4 is 23.8 Å². The minimum Gasteiger partial charge on any atom is -0.544 e. The van der Waals surface area contributed by atoms with Crippen LogP contribution in [-0.2, 0) is 19.2 Å². The molecule has 1 aliphatic heterocycles. The first-order chi connectivity index (χ1) is 12.5. The maximum atomic E-state index is 13.2. The predicted molar refractivity (Wildman–Crippen MR) is 93.0 cm³/mol. The van der Waals surface area contributed by atoms with E-state index in [2.05, 4.69) is 0 Å². The number of unbranched alkanes of at least 4 members (excludes halogenated alkanes) is 1. The van der Waals surface area contributed by atoms with E-state index in [1.807, 2.05) is 13.8 Å². The minimum absolute atomic E-state index is 0.0355. The van der Waals surface area contributed by atoms with E-state index in [9.17, 15) is 34.5 Å². The van der Waals surface area contributed by atoms with Crippen molar-refractivity contribution in [2.45, 2.75) is 52.0 Å². The van der Waals surface area contributed by atoms with Gasteiger partial charge in [0.05, 0.1) is 24.5 Å². The van der Waals surface area contributed by atoms with Gasteiger partial charge in [-0.25, -0.2) is 4.79 Å². The van der Waals surface area contributed by atoms with Crippen molar-refractivity contribution in [3.63, 3.8) is 0 Å². The second kappa shape index (κ2) is 9.80. The van der Waals surface area contributed by atoms with Gasteiger partial charge in [0, 0.05) is 18.8 Å². The maximum absolute atomic E-state index is 13.2. The molecule has 27 heavy (non-hydrogen) atoms. The highest BCUT2D eigenvalue weighted by molar-refractivity contribution is 5.93. The summed E-state index contributed by atoms with van der Waals surface area (Å²) < 4.78 is -0.440. The largest absolute Gasteiger partial charge is 0.544 e. The van der Waals surface area contributed by atoms with Crippen LogP contribution in [0.4, 0.5) is 0 Å². The molecule has 0 aromatic carbocycles. The first-order valence-corrected chi connectivity index (χ1v) is 9.31. The van der Waals surface area contributed by atoms with Crippen LogP contribution in [0.25, 0.3) is 0 Å². The highest BCUT2D eigenvalue weighted by atomic mass is 16.4. The monoisotopic (exact) mass is 386 g/mol. The standard InChI is InChI=1S/C18H30N2O7/c1-11(2)9-20(10-15(21)22)13(8-14(17(24)25)18(26)27)7-12(16(20)23)5-3-4-6-19/h11-14H,3-10,19H2,1-2H3,(H2-,21,22,24,25,26,27)/t12-,13+,20?/m1/s1. The number of carboxylic acid groups (broad SMARTS) is 3. The number of likely N-dealkylation sites (tertiary alicyclic amines) is 1. The van der Waals surface area contributed by atoms with Crippen molar-refractivity contribution in [3.8, 4) is 0 Å². The van der Waals surface area contributed by atoms with E-state index in [4.69, 9.17) is 5.73 Å². The van der Waals surface area contributed by atoms with Crippen LogP contribution in [0.3, 0.4) is 0 Å². The Kier molecular flexibility index (Phi) is 8.36. The van der Waals surface area contributed by atoms with Gasteiger partial charge in [0.25, 0.3) is 0 Å². The lowest BCUT2D eigenvalue weighted by atomic mass is 9.92. The number of carbonyl (C=O) groups excluding carboxylic acids is 2. The van der Waals surface area contributed by atoms with Crippen molar-refractivity contribution in [2.24, 2.45) is 23.5 Å². The molecule has 1 heterocycles. The summed E-state index contributed by atoms with van der Waals surface area (Å²) in [4.78, 5) is 47.3. The topological polar surface area (TPSA) is 158 Å². The molecule has 154 valence electrons. The molecule has 1 amide bonds. The summed E-state index contributed by atoms with van der Waals surface area (Å²) in [5, 5.41) is 29.9. The molecule has 4 N–H and O–H groups in total. The van der Waals surface area contributed by atoms with Crippen LogP contribution in [0, 0.1) is 17.8 Å². The average Bonchev–Trinajstić information content (AvgIpc) is 2.76. The van der Waals surface area contributed by atoms with Crippen LogP contribution in [0.15, 0.2) is 0 Å². The lowest BCUT2D eigenvalue weighted by Crippen LogP contribution is -2.62. The quantitative estimate of drug-likeness (QED) is 0.228. The molecule has 9 heteroatoms. The fourth-order valence-electron chi connectivity index (χ4n) is 4.22. The van der Waals surface area contributed by atoms with Crippen molar-refractivity contribution in [3.05, 3.63) is 0 Å². The zero-order valence-electron chi connectivity index (χ0n) is 15.9. The second-order valence-corrected chi connectivity index (χ2v) is 7.81. The van der Waals surface area contributed by atoms with Crippen molar-refractivity contribution in [1.29, 1.82) is 0 Å². The lowest BCUT2D eigenvalue weighted by Gasteiger charge is -2.39. The number of rotatable bonds is 12. The molecule has 0 aromatic heterocycles. The zero-order chi connectivity index (χ0) is 20.8. The van der Waals surface area contributed by atoms with E-state index in [0.29, 0.717) is 19.4 Å². The van der Waals surface area contributed by atoms with Crippen LogP contribution >= 0.6 is 0 Å². The maximum Gasteiger partial charge on any atom is 0.318 e. The molecule has 0 radical (unpaired) electrons. The van der Waals surface area contributed by atoms with E-state index in [-0.39, 0.29) is 31.2 Å². The molecule has 0 spiro atoms. The van der Waals surface area contributed by atoms with Gasteiger partial charge >= 0.3 is 17.8 Å². The Hall–Kier alpha value is -2.00. The summed E-state index contributed by atoms with van der Waals surface area (Å²) in [6.07, 6.45) is 1.95. The zero-order valence-corrected chi connectivity index (χ0v) is 15.9. The first-order valence-electron chi connectivity index (χ1n) is 9.31. The van der Waals surface area contributed by atoms with Crippen LogP contribution < -0.4 is 10.8 Å². The van der Waals surface area contributed by atoms with Crippen LogP contribution in [-0.4, -0.2) is 64.2 Å². The molecular weight excluding hydrogens is 356 g/mol. The van der Waals surface area contributed by atoms with Crippen molar-refractivity contribution in [2.75, 3.05) is 19.6 Å². The number of nitrogens with two attached hydrogens (primary N) is 1. The van der Waals surface area contributed by atoms with Gasteiger partial charge in [-0.15, -0.1) is 0 Å². The van der Waals surface area contributed by atoms with E-state index in [1.54, 1.807) is 0 Å². The Balaban J connectivity index is 3.24. The summed E-state index contributed by atoms with van der Waals surface area (Å²) in [6, 6.07) is -0.683. The molecule has 3 atom stereocenters. The van der Waals surface area contributed by atoms with Gasteiger partial charge in [-0.1, -0.05) is 20.3 Å². The summed E-state index contributed by atoms with van der Waals surface area (Å²) in [5.41, 5.74) is 5.49. The summed E-state index contributed by atoms with van der Waals surface area (Å²) in [5.74, 6) is -6.79. The van der Waals surface area contributed by atoms with Gasteiger partial charge in [0.1, 0.15) is 6.54 Å². The third-order valence-corrected chi connectivity index (χ3v) is 5.26. The summed E-state index contributed by atoms with van der Waals surface area (Å²) >= 11 is 0. The fraction of sp³-hybridized carbons (Fsp3) is 0.778. The SMILES string of the molecule is CC(C)C[N+]1(CC(=O)[O-])C(=O)[C@H](CCCCN)C[C@H]1CC(C(=O)O)C(=O)O. The highest BCUT2D eigenvalue weighted by Gasteiger charge is 2.56. The molecule has 0 bridgehead atoms. The Labute approximate surface area is 158 Å². The first kappa shape index (κ1) is 23.0. The molecule has 1 unspecified atom stereocenters. The molecule has 0 saturated carbocycles. The minimum atomic E-state index is -1.68. The Bertz CT molecular complexity index is 564. The number of hydrogen-bond donors (Lipinski definition) is 3. The number of quaternary nitrogens is 1. The molecule has 0 aromatic rings. The van der Waals surface area contributed by atoms with Gasteiger partial charge in [-0.2, -0.15) is 0 Å². The molecule has 0 aliphatic carbocycles. The van der Waals surface area contributed by atoms with Gasteiger partial charge < -0.3 is 25.8 Å². The van der Waals surface area contributed by atoms with Crippen LogP contribution in [0.1, 0.15) is 46.0 Å². The van der Waals surface area contributed by atoms with E-state index < -0.39 is 46.8 Å². The second-order valence-electron chi connectivity index (χ2n) is 7.81. The van der Waals surface area contributed by atoms with Gasteiger partial charge in [0.2, 0.25) is 0 Å². The summed E-state index contributed by atoms with van der Waals surface area (Å²) in [7, 11) is 0. The third kappa shape index (κ3) is 5.74. The Morgan fingerprint density at radius 2 is 1.81 bits per heavy atom. The van der Waals surface area contributed by atoms with E-state index >= 15 is 0 Å². The third-order valence-electron chi connectivity index (χ3n) is 5.26.